The van der Waals surface area contributed by atoms with E-state index < -0.39 is 0 Å². The van der Waals surface area contributed by atoms with Gasteiger partial charge in [-0.2, -0.15) is 0 Å². The first-order valence-electron chi connectivity index (χ1n) is 6.18. The van der Waals surface area contributed by atoms with Gasteiger partial charge in [0.25, 0.3) is 0 Å². The largest absolute Gasteiger partial charge is 0.381 e. The molecular formula is C14H16N2O2. The van der Waals surface area contributed by atoms with Gasteiger partial charge in [0.1, 0.15) is 0 Å². The van der Waals surface area contributed by atoms with Crippen LogP contribution in [0.15, 0.2) is 24.3 Å². The molecule has 3 rings (SSSR count). The Labute approximate surface area is 105 Å². The number of rotatable bonds is 3. The third-order valence-electron chi connectivity index (χ3n) is 3.22. The summed E-state index contributed by atoms with van der Waals surface area (Å²) < 4.78 is 5.06. The van der Waals surface area contributed by atoms with Gasteiger partial charge in [-0.1, -0.05) is 0 Å². The molecule has 2 heterocycles. The van der Waals surface area contributed by atoms with E-state index in [0.29, 0.717) is 25.6 Å². The highest BCUT2D eigenvalue weighted by Gasteiger charge is 2.21. The van der Waals surface area contributed by atoms with Crippen LogP contribution >= 0.6 is 0 Å². The van der Waals surface area contributed by atoms with Crippen molar-refractivity contribution in [3.8, 4) is 0 Å². The van der Waals surface area contributed by atoms with E-state index in [-0.39, 0.29) is 5.91 Å². The van der Waals surface area contributed by atoms with Gasteiger partial charge in [0, 0.05) is 34.6 Å². The van der Waals surface area contributed by atoms with Crippen LogP contribution in [0, 0.1) is 12.8 Å². The van der Waals surface area contributed by atoms with E-state index >= 15 is 0 Å². The Balaban J connectivity index is 1.71. The summed E-state index contributed by atoms with van der Waals surface area (Å²) in [5, 5.41) is 4.06. The Morgan fingerprint density at radius 3 is 3.00 bits per heavy atom. The molecule has 4 nitrogen and oxygen atoms in total. The molecule has 1 aromatic carbocycles. The van der Waals surface area contributed by atoms with E-state index in [4.69, 9.17) is 4.74 Å². The van der Waals surface area contributed by atoms with E-state index in [1.165, 1.54) is 0 Å². The maximum Gasteiger partial charge on any atom is 0.224 e. The molecule has 1 saturated heterocycles. The number of fused-ring (bicyclic) bond motifs is 1. The molecule has 1 aliphatic rings. The first-order chi connectivity index (χ1) is 8.70. The molecular weight excluding hydrogens is 228 g/mol. The number of amides is 1. The molecule has 1 amide bonds. The van der Waals surface area contributed by atoms with Crippen molar-refractivity contribution in [1.82, 2.24) is 4.98 Å². The number of benzene rings is 1. The lowest BCUT2D eigenvalue weighted by Gasteiger charge is -2.25. The van der Waals surface area contributed by atoms with Gasteiger partial charge < -0.3 is 15.0 Å². The minimum absolute atomic E-state index is 0.0647. The molecule has 2 N–H and O–H groups in total. The van der Waals surface area contributed by atoms with Crippen LogP contribution < -0.4 is 5.32 Å². The summed E-state index contributed by atoms with van der Waals surface area (Å²) in [5.74, 6) is 0.457. The summed E-state index contributed by atoms with van der Waals surface area (Å²) in [6, 6.07) is 7.98. The van der Waals surface area contributed by atoms with E-state index in [0.717, 1.165) is 22.3 Å². The standard InChI is InChI=1S/C14H16N2O2/c1-9-4-11-6-12(2-3-13(11)15-9)16-14(17)5-10-7-18-8-10/h2-4,6,10,15H,5,7-8H2,1H3,(H,16,17). The van der Waals surface area contributed by atoms with Crippen molar-refractivity contribution in [2.24, 2.45) is 5.92 Å². The van der Waals surface area contributed by atoms with Gasteiger partial charge in [0.2, 0.25) is 5.91 Å². The molecule has 0 aliphatic carbocycles. The zero-order chi connectivity index (χ0) is 12.5. The maximum absolute atomic E-state index is 11.8. The predicted octanol–water partition coefficient (Wildman–Crippen LogP) is 2.45. The van der Waals surface area contributed by atoms with Crippen molar-refractivity contribution >= 4 is 22.5 Å². The van der Waals surface area contributed by atoms with Gasteiger partial charge in [0.05, 0.1) is 13.2 Å². The normalized spacial score (nSPS) is 15.6. The molecule has 1 fully saturated rings. The highest BCUT2D eigenvalue weighted by atomic mass is 16.5. The molecule has 0 atom stereocenters. The summed E-state index contributed by atoms with van der Waals surface area (Å²) in [7, 11) is 0. The van der Waals surface area contributed by atoms with Gasteiger partial charge >= 0.3 is 0 Å². The second-order valence-corrected chi connectivity index (χ2v) is 4.91. The third kappa shape index (κ3) is 2.24. The van der Waals surface area contributed by atoms with Gasteiger partial charge in [-0.25, -0.2) is 0 Å². The molecule has 1 aliphatic heterocycles. The van der Waals surface area contributed by atoms with E-state index in [1.807, 2.05) is 25.1 Å². The monoisotopic (exact) mass is 244 g/mol. The number of ether oxygens (including phenoxy) is 1. The van der Waals surface area contributed by atoms with Crippen LogP contribution in [0.2, 0.25) is 0 Å². The van der Waals surface area contributed by atoms with Gasteiger partial charge in [-0.3, -0.25) is 4.79 Å². The van der Waals surface area contributed by atoms with Crippen molar-refractivity contribution < 1.29 is 9.53 Å². The molecule has 94 valence electrons. The molecule has 4 heteroatoms. The zero-order valence-corrected chi connectivity index (χ0v) is 10.3. The van der Waals surface area contributed by atoms with Crippen LogP contribution in [0.4, 0.5) is 5.69 Å². The molecule has 1 aromatic heterocycles. The Bertz CT molecular complexity index is 584. The Kier molecular flexibility index (Phi) is 2.80. The van der Waals surface area contributed by atoms with Crippen LogP contribution in [-0.4, -0.2) is 24.1 Å². The number of aromatic nitrogens is 1. The highest BCUT2D eigenvalue weighted by Crippen LogP contribution is 2.21. The molecule has 0 unspecified atom stereocenters. The SMILES string of the molecule is Cc1cc2cc(NC(=O)CC3COC3)ccc2[nH]1. The van der Waals surface area contributed by atoms with Gasteiger partial charge in [0.15, 0.2) is 0 Å². The summed E-state index contributed by atoms with van der Waals surface area (Å²) >= 11 is 0. The number of aromatic amines is 1. The van der Waals surface area contributed by atoms with E-state index in [1.54, 1.807) is 0 Å². The number of carbonyl (C=O) groups is 1. The van der Waals surface area contributed by atoms with Crippen LogP contribution in [0.1, 0.15) is 12.1 Å². The zero-order valence-electron chi connectivity index (χ0n) is 10.3. The molecule has 0 saturated carbocycles. The Hall–Kier alpha value is -1.81. The van der Waals surface area contributed by atoms with Crippen molar-refractivity contribution in [3.05, 3.63) is 30.0 Å². The number of aryl methyl sites for hydroxylation is 1. The van der Waals surface area contributed by atoms with Gasteiger partial charge in [-0.15, -0.1) is 0 Å². The van der Waals surface area contributed by atoms with Gasteiger partial charge in [-0.05, 0) is 31.2 Å². The van der Waals surface area contributed by atoms with Crippen molar-refractivity contribution in [3.63, 3.8) is 0 Å². The van der Waals surface area contributed by atoms with Crippen LogP contribution in [0.25, 0.3) is 10.9 Å². The minimum atomic E-state index is 0.0647. The van der Waals surface area contributed by atoms with Crippen molar-refractivity contribution in [1.29, 1.82) is 0 Å². The predicted molar refractivity (Wildman–Crippen MR) is 70.6 cm³/mol. The molecule has 18 heavy (non-hydrogen) atoms. The number of nitrogens with one attached hydrogen (secondary N) is 2. The fourth-order valence-electron chi connectivity index (χ4n) is 2.23. The molecule has 0 bridgehead atoms. The maximum atomic E-state index is 11.8. The smallest absolute Gasteiger partial charge is 0.224 e. The number of hydrogen-bond acceptors (Lipinski definition) is 2. The lowest BCUT2D eigenvalue weighted by molar-refractivity contribution is -0.121. The second kappa shape index (κ2) is 4.46. The minimum Gasteiger partial charge on any atom is -0.381 e. The number of anilines is 1. The third-order valence-corrected chi connectivity index (χ3v) is 3.22. The average molecular weight is 244 g/mol. The fourth-order valence-corrected chi connectivity index (χ4v) is 2.23. The first kappa shape index (κ1) is 11.3. The van der Waals surface area contributed by atoms with Crippen LogP contribution in [0.5, 0.6) is 0 Å². The Morgan fingerprint density at radius 2 is 2.28 bits per heavy atom. The molecule has 2 aromatic rings. The second-order valence-electron chi connectivity index (χ2n) is 4.91. The van der Waals surface area contributed by atoms with Crippen molar-refractivity contribution in [2.75, 3.05) is 18.5 Å². The van der Waals surface area contributed by atoms with Crippen LogP contribution in [0.3, 0.4) is 0 Å². The lowest BCUT2D eigenvalue weighted by atomic mass is 10.0. The quantitative estimate of drug-likeness (QED) is 0.871. The number of hydrogen-bond donors (Lipinski definition) is 2. The van der Waals surface area contributed by atoms with Crippen LogP contribution in [-0.2, 0) is 9.53 Å². The first-order valence-corrected chi connectivity index (χ1v) is 6.18. The summed E-state index contributed by atoms with van der Waals surface area (Å²) in [6.45, 7) is 3.45. The average Bonchev–Trinajstić information content (AvgIpc) is 2.63. The van der Waals surface area contributed by atoms with E-state index in [9.17, 15) is 4.79 Å². The summed E-state index contributed by atoms with van der Waals surface area (Å²) in [4.78, 5) is 15.0. The molecule has 0 radical (unpaired) electrons. The molecule has 0 spiro atoms. The fraction of sp³-hybridized carbons (Fsp3) is 0.357. The number of carbonyl (C=O) groups excluding carboxylic acids is 1. The summed E-state index contributed by atoms with van der Waals surface area (Å²) in [5.41, 5.74) is 3.07. The summed E-state index contributed by atoms with van der Waals surface area (Å²) in [6.07, 6.45) is 0.546. The van der Waals surface area contributed by atoms with E-state index in [2.05, 4.69) is 16.4 Å². The Morgan fingerprint density at radius 1 is 1.44 bits per heavy atom. The van der Waals surface area contributed by atoms with Crippen molar-refractivity contribution in [2.45, 2.75) is 13.3 Å². The topological polar surface area (TPSA) is 54.1 Å². The lowest BCUT2D eigenvalue weighted by Crippen LogP contribution is -2.31. The number of H-pyrrole nitrogens is 1. The highest BCUT2D eigenvalue weighted by molar-refractivity contribution is 5.94.